The quantitative estimate of drug-likeness (QED) is 0.778. The zero-order valence-corrected chi connectivity index (χ0v) is 13.1. The van der Waals surface area contributed by atoms with E-state index in [4.69, 9.17) is 0 Å². The van der Waals surface area contributed by atoms with Crippen molar-refractivity contribution < 1.29 is 0 Å². The fourth-order valence-electron chi connectivity index (χ4n) is 2.90. The Kier molecular flexibility index (Phi) is 5.02. The van der Waals surface area contributed by atoms with Crippen molar-refractivity contribution in [3.8, 4) is 0 Å². The van der Waals surface area contributed by atoms with E-state index in [1.54, 1.807) is 0 Å². The van der Waals surface area contributed by atoms with Crippen LogP contribution in [-0.4, -0.2) is 11.1 Å². The van der Waals surface area contributed by atoms with Crippen molar-refractivity contribution in [2.45, 2.75) is 46.7 Å². The fraction of sp³-hybridized carbons (Fsp3) is 0.444. The zero-order chi connectivity index (χ0) is 14.5. The maximum absolute atomic E-state index is 3.50. The normalized spacial score (nSPS) is 12.6. The third kappa shape index (κ3) is 3.13. The van der Waals surface area contributed by atoms with Crippen LogP contribution >= 0.6 is 0 Å². The van der Waals surface area contributed by atoms with Crippen LogP contribution in [0.5, 0.6) is 0 Å². The Balaban J connectivity index is 2.24. The first-order valence-electron chi connectivity index (χ1n) is 7.58. The Morgan fingerprint density at radius 1 is 1.15 bits per heavy atom. The molecule has 0 saturated carbocycles. The van der Waals surface area contributed by atoms with Gasteiger partial charge in [-0.3, -0.25) is 0 Å². The van der Waals surface area contributed by atoms with Gasteiger partial charge in [0.15, 0.2) is 0 Å². The summed E-state index contributed by atoms with van der Waals surface area (Å²) in [5.41, 5.74) is 5.50. The molecule has 0 saturated heterocycles. The number of hydrogen-bond acceptors (Lipinski definition) is 1. The van der Waals surface area contributed by atoms with Gasteiger partial charge in [0.1, 0.15) is 0 Å². The van der Waals surface area contributed by atoms with Gasteiger partial charge in [0, 0.05) is 17.9 Å². The predicted molar refractivity (Wildman–Crippen MR) is 86.2 cm³/mol. The summed E-state index contributed by atoms with van der Waals surface area (Å²) >= 11 is 0. The first kappa shape index (κ1) is 14.9. The second-order valence-electron chi connectivity index (χ2n) is 5.53. The Morgan fingerprint density at radius 3 is 2.50 bits per heavy atom. The van der Waals surface area contributed by atoms with Crippen molar-refractivity contribution >= 4 is 0 Å². The van der Waals surface area contributed by atoms with Crippen LogP contribution in [0.1, 0.15) is 48.8 Å². The molecule has 0 amide bonds. The van der Waals surface area contributed by atoms with Gasteiger partial charge in [0.25, 0.3) is 0 Å². The third-order valence-electron chi connectivity index (χ3n) is 4.00. The lowest BCUT2D eigenvalue weighted by molar-refractivity contribution is 0.603. The molecular weight excluding hydrogens is 244 g/mol. The summed E-state index contributed by atoms with van der Waals surface area (Å²) in [6, 6.07) is 13.4. The molecule has 108 valence electrons. The van der Waals surface area contributed by atoms with E-state index in [-0.39, 0.29) is 0 Å². The summed E-state index contributed by atoms with van der Waals surface area (Å²) in [6.45, 7) is 11.0. The SMILES string of the molecule is CCCNCc1cc(C)n([C@@H](C)c2ccccc2)c1C. The summed E-state index contributed by atoms with van der Waals surface area (Å²) in [5.74, 6) is 0. The van der Waals surface area contributed by atoms with Crippen LogP contribution in [0, 0.1) is 13.8 Å². The molecule has 2 rings (SSSR count). The van der Waals surface area contributed by atoms with E-state index < -0.39 is 0 Å². The molecule has 1 heterocycles. The number of nitrogens with one attached hydrogen (secondary N) is 1. The molecule has 1 aromatic heterocycles. The molecule has 0 unspecified atom stereocenters. The van der Waals surface area contributed by atoms with Crippen LogP contribution < -0.4 is 5.32 Å². The van der Waals surface area contributed by atoms with Gasteiger partial charge in [-0.1, -0.05) is 37.3 Å². The second-order valence-corrected chi connectivity index (χ2v) is 5.53. The number of aromatic nitrogens is 1. The molecule has 0 bridgehead atoms. The minimum atomic E-state index is 0.385. The van der Waals surface area contributed by atoms with Crippen molar-refractivity contribution in [3.63, 3.8) is 0 Å². The van der Waals surface area contributed by atoms with Crippen LogP contribution in [0.2, 0.25) is 0 Å². The molecule has 0 radical (unpaired) electrons. The van der Waals surface area contributed by atoms with Gasteiger partial charge < -0.3 is 9.88 Å². The van der Waals surface area contributed by atoms with Gasteiger partial charge in [-0.15, -0.1) is 0 Å². The zero-order valence-electron chi connectivity index (χ0n) is 13.1. The summed E-state index contributed by atoms with van der Waals surface area (Å²) in [6.07, 6.45) is 1.18. The Bertz CT molecular complexity index is 540. The fourth-order valence-corrected chi connectivity index (χ4v) is 2.90. The number of rotatable bonds is 6. The maximum Gasteiger partial charge on any atom is 0.0556 e. The average molecular weight is 270 g/mol. The summed E-state index contributed by atoms with van der Waals surface area (Å²) in [5, 5.41) is 3.50. The molecule has 1 N–H and O–H groups in total. The molecule has 2 aromatic rings. The minimum Gasteiger partial charge on any atom is -0.342 e. The predicted octanol–water partition coefficient (Wildman–Crippen LogP) is 4.21. The Labute approximate surface area is 122 Å². The molecule has 2 nitrogen and oxygen atoms in total. The molecule has 0 spiro atoms. The van der Waals surface area contributed by atoms with Gasteiger partial charge >= 0.3 is 0 Å². The van der Waals surface area contributed by atoms with Crippen LogP contribution in [0.25, 0.3) is 0 Å². The van der Waals surface area contributed by atoms with Gasteiger partial charge in [0.05, 0.1) is 6.04 Å². The van der Waals surface area contributed by atoms with Crippen LogP contribution in [-0.2, 0) is 6.54 Å². The van der Waals surface area contributed by atoms with Gasteiger partial charge in [-0.25, -0.2) is 0 Å². The molecular formula is C18H26N2. The Hall–Kier alpha value is -1.54. The molecule has 0 aliphatic carbocycles. The van der Waals surface area contributed by atoms with Gasteiger partial charge in [-0.2, -0.15) is 0 Å². The molecule has 0 aliphatic heterocycles. The highest BCUT2D eigenvalue weighted by atomic mass is 15.0. The van der Waals surface area contributed by atoms with E-state index in [9.17, 15) is 0 Å². The topological polar surface area (TPSA) is 17.0 Å². The first-order chi connectivity index (χ1) is 9.65. The number of nitrogens with zero attached hydrogens (tertiary/aromatic N) is 1. The minimum absolute atomic E-state index is 0.385. The molecule has 0 fully saturated rings. The van der Waals surface area contributed by atoms with E-state index in [0.717, 1.165) is 13.1 Å². The first-order valence-corrected chi connectivity index (χ1v) is 7.58. The third-order valence-corrected chi connectivity index (χ3v) is 4.00. The molecule has 1 atom stereocenters. The van der Waals surface area contributed by atoms with Crippen molar-refractivity contribution in [1.29, 1.82) is 0 Å². The molecule has 2 heteroatoms. The van der Waals surface area contributed by atoms with Crippen molar-refractivity contribution in [2.24, 2.45) is 0 Å². The Morgan fingerprint density at radius 2 is 1.85 bits per heavy atom. The standard InChI is InChI=1S/C18H26N2/c1-5-11-19-13-18-12-14(2)20(16(18)4)15(3)17-9-7-6-8-10-17/h6-10,12,15,19H,5,11,13H2,1-4H3/t15-/m0/s1. The monoisotopic (exact) mass is 270 g/mol. The number of aryl methyl sites for hydroxylation is 1. The lowest BCUT2D eigenvalue weighted by Crippen LogP contribution is -2.15. The van der Waals surface area contributed by atoms with E-state index >= 15 is 0 Å². The van der Waals surface area contributed by atoms with E-state index in [2.05, 4.69) is 74.0 Å². The number of hydrogen-bond donors (Lipinski definition) is 1. The average Bonchev–Trinajstić information content (AvgIpc) is 2.74. The molecule has 1 aromatic carbocycles. The van der Waals surface area contributed by atoms with E-state index in [1.165, 1.54) is 28.9 Å². The summed E-state index contributed by atoms with van der Waals surface area (Å²) < 4.78 is 2.44. The second kappa shape index (κ2) is 6.76. The van der Waals surface area contributed by atoms with Gasteiger partial charge in [-0.05, 0) is 50.9 Å². The number of benzene rings is 1. The maximum atomic E-state index is 3.50. The van der Waals surface area contributed by atoms with E-state index in [0.29, 0.717) is 6.04 Å². The highest BCUT2D eigenvalue weighted by Gasteiger charge is 2.15. The van der Waals surface area contributed by atoms with Crippen molar-refractivity contribution in [3.05, 3.63) is 58.9 Å². The van der Waals surface area contributed by atoms with Crippen LogP contribution in [0.3, 0.4) is 0 Å². The summed E-state index contributed by atoms with van der Waals surface area (Å²) in [4.78, 5) is 0. The lowest BCUT2D eigenvalue weighted by atomic mass is 10.1. The molecule has 0 aliphatic rings. The van der Waals surface area contributed by atoms with Crippen LogP contribution in [0.15, 0.2) is 36.4 Å². The van der Waals surface area contributed by atoms with Gasteiger partial charge in [0.2, 0.25) is 0 Å². The highest BCUT2D eigenvalue weighted by molar-refractivity contribution is 5.30. The largest absolute Gasteiger partial charge is 0.342 e. The molecule has 20 heavy (non-hydrogen) atoms. The van der Waals surface area contributed by atoms with Crippen molar-refractivity contribution in [2.75, 3.05) is 6.54 Å². The van der Waals surface area contributed by atoms with E-state index in [1.807, 2.05) is 0 Å². The highest BCUT2D eigenvalue weighted by Crippen LogP contribution is 2.25. The van der Waals surface area contributed by atoms with Crippen molar-refractivity contribution in [1.82, 2.24) is 9.88 Å². The smallest absolute Gasteiger partial charge is 0.0556 e. The lowest BCUT2D eigenvalue weighted by Gasteiger charge is -2.19. The summed E-state index contributed by atoms with van der Waals surface area (Å²) in [7, 11) is 0. The van der Waals surface area contributed by atoms with Crippen LogP contribution in [0.4, 0.5) is 0 Å².